The maximum absolute atomic E-state index is 13.2. The van der Waals surface area contributed by atoms with E-state index in [1.807, 2.05) is 26.1 Å². The van der Waals surface area contributed by atoms with Gasteiger partial charge in [-0.05, 0) is 38.7 Å². The van der Waals surface area contributed by atoms with Crippen LogP contribution in [0.4, 0.5) is 8.78 Å². The van der Waals surface area contributed by atoms with E-state index in [9.17, 15) is 14.0 Å². The van der Waals surface area contributed by atoms with Gasteiger partial charge in [0.1, 0.15) is 5.76 Å². The van der Waals surface area contributed by atoms with Gasteiger partial charge in [-0.3, -0.25) is 4.98 Å². The van der Waals surface area contributed by atoms with Gasteiger partial charge >= 0.3 is 6.55 Å². The van der Waals surface area contributed by atoms with Crippen LogP contribution < -0.4 is 0 Å². The van der Waals surface area contributed by atoms with Crippen LogP contribution in [0.25, 0.3) is 33.3 Å². The maximum atomic E-state index is 13.2. The Morgan fingerprint density at radius 1 is 1.18 bits per heavy atom. The Hall–Kier alpha value is -3.54. The molecule has 0 spiro atoms. The molecule has 9 heteroatoms. The largest absolute Gasteiger partial charge is 0.361 e. The van der Waals surface area contributed by atoms with Crippen molar-refractivity contribution in [1.82, 2.24) is 24.5 Å². The Labute approximate surface area is 189 Å². The Morgan fingerprint density at radius 2 is 1.97 bits per heavy atom. The average molecular weight is 450 g/mol. The molecule has 0 saturated heterocycles. The van der Waals surface area contributed by atoms with Gasteiger partial charge in [-0.1, -0.05) is 18.0 Å². The molecule has 4 heterocycles. The maximum Gasteiger partial charge on any atom is 0.333 e. The predicted molar refractivity (Wildman–Crippen MR) is 118 cm³/mol. The van der Waals surface area contributed by atoms with Crippen LogP contribution in [0.1, 0.15) is 56.1 Å². The SMILES string of the molecule is Cc1noc(C)c1-c1cnc2c(-c3cnn(C(F)F)c3)cn(C(CC#N)C3CCCC3)c2c1. The molecule has 1 saturated carbocycles. The molecule has 1 unspecified atom stereocenters. The number of hydrogen-bond donors (Lipinski definition) is 0. The first-order valence-corrected chi connectivity index (χ1v) is 11.1. The minimum absolute atomic E-state index is 0.0133. The summed E-state index contributed by atoms with van der Waals surface area (Å²) < 4.78 is 34.4. The summed E-state index contributed by atoms with van der Waals surface area (Å²) >= 11 is 0. The van der Waals surface area contributed by atoms with Crippen LogP contribution in [0, 0.1) is 31.1 Å². The number of rotatable bonds is 6. The molecule has 0 amide bonds. The monoisotopic (exact) mass is 450 g/mol. The topological polar surface area (TPSA) is 85.5 Å². The lowest BCUT2D eigenvalue weighted by Gasteiger charge is -2.24. The molecule has 0 aromatic carbocycles. The fourth-order valence-corrected chi connectivity index (χ4v) is 5.16. The summed E-state index contributed by atoms with van der Waals surface area (Å²) in [6, 6.07) is 4.38. The molecule has 33 heavy (non-hydrogen) atoms. The second-order valence-corrected chi connectivity index (χ2v) is 8.70. The molecule has 0 N–H and O–H groups in total. The standard InChI is InChI=1S/C24H24F2N6O/c1-14-22(15(2)33-30-14)17-9-21-23(28-10-17)19(18-11-29-32(12-18)24(25)26)13-31(21)20(7-8-27)16-5-3-4-6-16/h9-13,16,20,24H,3-7H2,1-2H3. The second-order valence-electron chi connectivity index (χ2n) is 8.70. The van der Waals surface area contributed by atoms with Crippen molar-refractivity contribution in [2.24, 2.45) is 5.92 Å². The van der Waals surface area contributed by atoms with E-state index < -0.39 is 6.55 Å². The molecule has 7 nitrogen and oxygen atoms in total. The number of hydrogen-bond acceptors (Lipinski definition) is 5. The predicted octanol–water partition coefficient (Wildman–Crippen LogP) is 6.21. The third-order valence-corrected chi connectivity index (χ3v) is 6.71. The molecule has 0 radical (unpaired) electrons. The molecule has 4 aromatic rings. The number of nitriles is 1. The minimum Gasteiger partial charge on any atom is -0.361 e. The van der Waals surface area contributed by atoms with Crippen molar-refractivity contribution >= 4 is 11.0 Å². The Bertz CT molecular complexity index is 1320. The van der Waals surface area contributed by atoms with Gasteiger partial charge in [-0.2, -0.15) is 19.1 Å². The highest BCUT2D eigenvalue weighted by Gasteiger charge is 2.29. The molecule has 5 rings (SSSR count). The van der Waals surface area contributed by atoms with Crippen molar-refractivity contribution in [1.29, 1.82) is 5.26 Å². The first-order valence-electron chi connectivity index (χ1n) is 11.1. The van der Waals surface area contributed by atoms with Gasteiger partial charge < -0.3 is 9.09 Å². The van der Waals surface area contributed by atoms with Crippen molar-refractivity contribution in [2.75, 3.05) is 0 Å². The number of halogens is 2. The second kappa shape index (κ2) is 8.43. The van der Waals surface area contributed by atoms with Crippen LogP contribution in [-0.2, 0) is 0 Å². The van der Waals surface area contributed by atoms with E-state index in [2.05, 4.69) is 20.9 Å². The van der Waals surface area contributed by atoms with E-state index >= 15 is 0 Å². The molecular weight excluding hydrogens is 426 g/mol. The van der Waals surface area contributed by atoms with Gasteiger partial charge in [0, 0.05) is 46.9 Å². The fraction of sp³-hybridized carbons (Fsp3) is 0.417. The van der Waals surface area contributed by atoms with E-state index in [1.54, 1.807) is 6.20 Å². The van der Waals surface area contributed by atoms with E-state index in [1.165, 1.54) is 12.4 Å². The summed E-state index contributed by atoms with van der Waals surface area (Å²) in [6.45, 7) is 1.03. The Balaban J connectivity index is 1.72. The van der Waals surface area contributed by atoms with Crippen molar-refractivity contribution < 1.29 is 13.3 Å². The number of pyridine rings is 1. The van der Waals surface area contributed by atoms with Crippen LogP contribution in [0.3, 0.4) is 0 Å². The summed E-state index contributed by atoms with van der Waals surface area (Å²) in [6.07, 6.45) is 11.3. The van der Waals surface area contributed by atoms with E-state index in [4.69, 9.17) is 9.51 Å². The lowest BCUT2D eigenvalue weighted by atomic mass is 9.95. The molecule has 4 aromatic heterocycles. The quantitative estimate of drug-likeness (QED) is 0.348. The Kier molecular flexibility index (Phi) is 5.44. The van der Waals surface area contributed by atoms with Gasteiger partial charge in [0.2, 0.25) is 0 Å². The molecular formula is C24H24F2N6O. The van der Waals surface area contributed by atoms with Crippen LogP contribution >= 0.6 is 0 Å². The fourth-order valence-electron chi connectivity index (χ4n) is 5.16. The van der Waals surface area contributed by atoms with Gasteiger partial charge in [0.05, 0.1) is 35.4 Å². The summed E-state index contributed by atoms with van der Waals surface area (Å²) in [5, 5.41) is 17.5. The minimum atomic E-state index is -2.71. The van der Waals surface area contributed by atoms with E-state index in [0.717, 1.165) is 53.6 Å². The smallest absolute Gasteiger partial charge is 0.333 e. The number of alkyl halides is 2. The number of aryl methyl sites for hydroxylation is 2. The summed E-state index contributed by atoms with van der Waals surface area (Å²) in [4.78, 5) is 4.74. The molecule has 1 atom stereocenters. The summed E-state index contributed by atoms with van der Waals surface area (Å²) in [5.41, 5.74) is 5.38. The van der Waals surface area contributed by atoms with Crippen molar-refractivity contribution in [3.05, 3.63) is 42.3 Å². The van der Waals surface area contributed by atoms with Gasteiger partial charge in [0.25, 0.3) is 0 Å². The number of aromatic nitrogens is 5. The van der Waals surface area contributed by atoms with Crippen molar-refractivity contribution in [3.8, 4) is 28.3 Å². The highest BCUT2D eigenvalue weighted by molar-refractivity contribution is 5.95. The van der Waals surface area contributed by atoms with Crippen LogP contribution in [-0.4, -0.2) is 24.5 Å². The molecule has 0 bridgehead atoms. The first kappa shape index (κ1) is 21.3. The van der Waals surface area contributed by atoms with Crippen LogP contribution in [0.2, 0.25) is 0 Å². The van der Waals surface area contributed by atoms with Crippen LogP contribution in [0.15, 0.2) is 35.4 Å². The highest BCUT2D eigenvalue weighted by Crippen LogP contribution is 2.41. The van der Waals surface area contributed by atoms with Crippen molar-refractivity contribution in [3.63, 3.8) is 0 Å². The van der Waals surface area contributed by atoms with Crippen LogP contribution in [0.5, 0.6) is 0 Å². The molecule has 1 aliphatic rings. The molecule has 0 aliphatic heterocycles. The van der Waals surface area contributed by atoms with Gasteiger partial charge in [-0.15, -0.1) is 0 Å². The first-order chi connectivity index (χ1) is 16.0. The summed E-state index contributed by atoms with van der Waals surface area (Å²) in [7, 11) is 0. The van der Waals surface area contributed by atoms with Crippen molar-refractivity contribution in [2.45, 2.75) is 58.5 Å². The number of nitrogens with zero attached hydrogens (tertiary/aromatic N) is 6. The highest BCUT2D eigenvalue weighted by atomic mass is 19.3. The van der Waals surface area contributed by atoms with E-state index in [-0.39, 0.29) is 6.04 Å². The number of fused-ring (bicyclic) bond motifs is 1. The zero-order valence-corrected chi connectivity index (χ0v) is 18.5. The van der Waals surface area contributed by atoms with Gasteiger partial charge in [-0.25, -0.2) is 4.68 Å². The molecule has 1 fully saturated rings. The zero-order chi connectivity index (χ0) is 23.1. The summed E-state index contributed by atoms with van der Waals surface area (Å²) in [5.74, 6) is 1.09. The zero-order valence-electron chi connectivity index (χ0n) is 18.5. The lowest BCUT2D eigenvalue weighted by Crippen LogP contribution is -2.16. The third-order valence-electron chi connectivity index (χ3n) is 6.71. The Morgan fingerprint density at radius 3 is 2.61 bits per heavy atom. The molecule has 1 aliphatic carbocycles. The average Bonchev–Trinajstić information content (AvgIpc) is 3.59. The lowest BCUT2D eigenvalue weighted by molar-refractivity contribution is 0.0566. The van der Waals surface area contributed by atoms with E-state index in [0.29, 0.717) is 33.9 Å². The third kappa shape index (κ3) is 3.69. The van der Waals surface area contributed by atoms with Gasteiger partial charge in [0.15, 0.2) is 0 Å². The molecule has 170 valence electrons. The normalized spacial score (nSPS) is 15.5.